The SMILES string of the molecule is CCc1ccc2cc(C3(N)CC3)[nH]c2c1. The maximum absolute atomic E-state index is 6.17. The van der Waals surface area contributed by atoms with Crippen molar-refractivity contribution in [2.45, 2.75) is 31.7 Å². The molecule has 78 valence electrons. The Labute approximate surface area is 89.5 Å². The lowest BCUT2D eigenvalue weighted by atomic mass is 10.1. The zero-order valence-electron chi connectivity index (χ0n) is 9.01. The Kier molecular flexibility index (Phi) is 1.71. The summed E-state index contributed by atoms with van der Waals surface area (Å²) in [5, 5.41) is 1.28. The lowest BCUT2D eigenvalue weighted by Crippen LogP contribution is -2.18. The number of aryl methyl sites for hydroxylation is 1. The molecule has 0 spiro atoms. The van der Waals surface area contributed by atoms with Gasteiger partial charge in [-0.15, -0.1) is 0 Å². The number of rotatable bonds is 2. The molecule has 0 saturated heterocycles. The smallest absolute Gasteiger partial charge is 0.0563 e. The summed E-state index contributed by atoms with van der Waals surface area (Å²) in [6, 6.07) is 8.79. The molecule has 0 aliphatic heterocycles. The van der Waals surface area contributed by atoms with Crippen molar-refractivity contribution in [2.75, 3.05) is 0 Å². The second-order valence-corrected chi connectivity index (χ2v) is 4.61. The zero-order chi connectivity index (χ0) is 10.5. The normalized spacial score (nSPS) is 18.3. The van der Waals surface area contributed by atoms with E-state index in [0.717, 1.165) is 19.3 Å². The van der Waals surface area contributed by atoms with Gasteiger partial charge < -0.3 is 10.7 Å². The number of aromatic nitrogens is 1. The monoisotopic (exact) mass is 200 g/mol. The van der Waals surface area contributed by atoms with E-state index in [1.165, 1.54) is 22.2 Å². The summed E-state index contributed by atoms with van der Waals surface area (Å²) >= 11 is 0. The van der Waals surface area contributed by atoms with Gasteiger partial charge in [0.25, 0.3) is 0 Å². The van der Waals surface area contributed by atoms with Crippen LogP contribution in [0.2, 0.25) is 0 Å². The summed E-state index contributed by atoms with van der Waals surface area (Å²) in [5.41, 5.74) is 9.92. The predicted octanol–water partition coefficient (Wildman–Crippen LogP) is 2.68. The summed E-state index contributed by atoms with van der Waals surface area (Å²) in [7, 11) is 0. The van der Waals surface area contributed by atoms with Gasteiger partial charge in [-0.25, -0.2) is 0 Å². The molecule has 1 saturated carbocycles. The number of nitrogens with two attached hydrogens (primary N) is 1. The van der Waals surface area contributed by atoms with Crippen molar-refractivity contribution in [3.8, 4) is 0 Å². The summed E-state index contributed by atoms with van der Waals surface area (Å²) < 4.78 is 0. The van der Waals surface area contributed by atoms with Gasteiger partial charge in [0.15, 0.2) is 0 Å². The number of fused-ring (bicyclic) bond motifs is 1. The zero-order valence-corrected chi connectivity index (χ0v) is 9.01. The average molecular weight is 200 g/mol. The van der Waals surface area contributed by atoms with Crippen LogP contribution in [0.4, 0.5) is 0 Å². The van der Waals surface area contributed by atoms with Crippen LogP contribution in [0.25, 0.3) is 10.9 Å². The van der Waals surface area contributed by atoms with Crippen LogP contribution in [0.1, 0.15) is 31.0 Å². The number of benzene rings is 1. The Morgan fingerprint density at radius 1 is 1.33 bits per heavy atom. The third-order valence-electron chi connectivity index (χ3n) is 3.42. The number of hydrogen-bond acceptors (Lipinski definition) is 1. The molecule has 15 heavy (non-hydrogen) atoms. The molecule has 0 radical (unpaired) electrons. The van der Waals surface area contributed by atoms with E-state index in [1.54, 1.807) is 0 Å². The topological polar surface area (TPSA) is 41.8 Å². The molecule has 3 rings (SSSR count). The van der Waals surface area contributed by atoms with Crippen molar-refractivity contribution in [1.82, 2.24) is 4.98 Å². The molecule has 0 bridgehead atoms. The highest BCUT2D eigenvalue weighted by Crippen LogP contribution is 2.42. The molecule has 2 aromatic rings. The van der Waals surface area contributed by atoms with E-state index in [0.29, 0.717) is 0 Å². The first-order valence-electron chi connectivity index (χ1n) is 5.62. The first kappa shape index (κ1) is 8.98. The maximum Gasteiger partial charge on any atom is 0.0563 e. The molecule has 1 heterocycles. The van der Waals surface area contributed by atoms with E-state index in [1.807, 2.05) is 0 Å². The summed E-state index contributed by atoms with van der Waals surface area (Å²) in [6.07, 6.45) is 3.30. The lowest BCUT2D eigenvalue weighted by molar-refractivity contribution is 0.717. The van der Waals surface area contributed by atoms with Gasteiger partial charge in [0.1, 0.15) is 0 Å². The molecule has 3 N–H and O–H groups in total. The minimum atomic E-state index is -0.0502. The lowest BCUT2D eigenvalue weighted by Gasteiger charge is -2.03. The van der Waals surface area contributed by atoms with Crippen molar-refractivity contribution in [1.29, 1.82) is 0 Å². The molecule has 0 amide bonds. The minimum Gasteiger partial charge on any atom is -0.357 e. The Balaban J connectivity index is 2.13. The van der Waals surface area contributed by atoms with Crippen LogP contribution < -0.4 is 5.73 Å². The highest BCUT2D eigenvalue weighted by Gasteiger charge is 2.41. The summed E-state index contributed by atoms with van der Waals surface area (Å²) in [5.74, 6) is 0. The second kappa shape index (κ2) is 2.86. The Morgan fingerprint density at radius 3 is 2.80 bits per heavy atom. The molecule has 0 unspecified atom stereocenters. The quantitative estimate of drug-likeness (QED) is 0.769. The van der Waals surface area contributed by atoms with Crippen molar-refractivity contribution in [2.24, 2.45) is 5.73 Å². The highest BCUT2D eigenvalue weighted by molar-refractivity contribution is 5.81. The van der Waals surface area contributed by atoms with Gasteiger partial charge in [-0.3, -0.25) is 0 Å². The number of hydrogen-bond donors (Lipinski definition) is 2. The van der Waals surface area contributed by atoms with Crippen LogP contribution in [-0.4, -0.2) is 4.98 Å². The van der Waals surface area contributed by atoms with Crippen LogP contribution in [0, 0.1) is 0 Å². The molecule has 2 heteroatoms. The highest BCUT2D eigenvalue weighted by atomic mass is 14.9. The predicted molar refractivity (Wildman–Crippen MR) is 62.8 cm³/mol. The molecule has 1 aliphatic carbocycles. The van der Waals surface area contributed by atoms with Crippen LogP contribution in [0.15, 0.2) is 24.3 Å². The second-order valence-electron chi connectivity index (χ2n) is 4.61. The fourth-order valence-electron chi connectivity index (χ4n) is 2.07. The Hall–Kier alpha value is -1.28. The van der Waals surface area contributed by atoms with Gasteiger partial charge in [-0.05, 0) is 42.3 Å². The minimum absolute atomic E-state index is 0.0502. The number of nitrogens with one attached hydrogen (secondary N) is 1. The third-order valence-corrected chi connectivity index (χ3v) is 3.42. The molecule has 1 aliphatic rings. The standard InChI is InChI=1S/C13H16N2/c1-2-9-3-4-10-8-12(13(14)5-6-13)15-11(10)7-9/h3-4,7-8,15H,2,5-6,14H2,1H3. The van der Waals surface area contributed by atoms with Crippen LogP contribution in [0.5, 0.6) is 0 Å². The van der Waals surface area contributed by atoms with E-state index >= 15 is 0 Å². The van der Waals surface area contributed by atoms with Gasteiger partial charge in [-0.1, -0.05) is 19.1 Å². The van der Waals surface area contributed by atoms with Gasteiger partial charge in [0, 0.05) is 11.2 Å². The first-order valence-corrected chi connectivity index (χ1v) is 5.62. The van der Waals surface area contributed by atoms with Gasteiger partial charge in [0.05, 0.1) is 5.54 Å². The van der Waals surface area contributed by atoms with Gasteiger partial charge in [-0.2, -0.15) is 0 Å². The maximum atomic E-state index is 6.17. The number of H-pyrrole nitrogens is 1. The Morgan fingerprint density at radius 2 is 2.13 bits per heavy atom. The van der Waals surface area contributed by atoms with E-state index in [-0.39, 0.29) is 5.54 Å². The number of aromatic amines is 1. The van der Waals surface area contributed by atoms with Crippen molar-refractivity contribution < 1.29 is 0 Å². The first-order chi connectivity index (χ1) is 7.21. The molecule has 1 aromatic heterocycles. The average Bonchev–Trinajstić information content (AvgIpc) is 2.85. The molecule has 2 nitrogen and oxygen atoms in total. The molecule has 1 aromatic carbocycles. The van der Waals surface area contributed by atoms with E-state index in [4.69, 9.17) is 5.73 Å². The van der Waals surface area contributed by atoms with Crippen molar-refractivity contribution in [3.05, 3.63) is 35.5 Å². The van der Waals surface area contributed by atoms with Crippen LogP contribution >= 0.6 is 0 Å². The fraction of sp³-hybridized carbons (Fsp3) is 0.385. The van der Waals surface area contributed by atoms with E-state index in [9.17, 15) is 0 Å². The molecular formula is C13H16N2. The van der Waals surface area contributed by atoms with E-state index < -0.39 is 0 Å². The van der Waals surface area contributed by atoms with E-state index in [2.05, 4.69) is 36.2 Å². The van der Waals surface area contributed by atoms with Gasteiger partial charge >= 0.3 is 0 Å². The fourth-order valence-corrected chi connectivity index (χ4v) is 2.07. The molecule has 0 atom stereocenters. The Bertz CT molecular complexity index is 506. The van der Waals surface area contributed by atoms with Crippen LogP contribution in [0.3, 0.4) is 0 Å². The third kappa shape index (κ3) is 1.37. The summed E-state index contributed by atoms with van der Waals surface area (Å²) in [4.78, 5) is 3.45. The largest absolute Gasteiger partial charge is 0.357 e. The molecular weight excluding hydrogens is 184 g/mol. The van der Waals surface area contributed by atoms with Crippen LogP contribution in [-0.2, 0) is 12.0 Å². The summed E-state index contributed by atoms with van der Waals surface area (Å²) in [6.45, 7) is 2.18. The van der Waals surface area contributed by atoms with Crippen molar-refractivity contribution >= 4 is 10.9 Å². The molecule has 1 fully saturated rings. The van der Waals surface area contributed by atoms with Gasteiger partial charge in [0.2, 0.25) is 0 Å². The van der Waals surface area contributed by atoms with Crippen molar-refractivity contribution in [3.63, 3.8) is 0 Å².